The number of nitrogens with zero attached hydrogens (tertiary/aromatic N) is 3. The Bertz CT molecular complexity index is 2340. The summed E-state index contributed by atoms with van der Waals surface area (Å²) in [6.45, 7) is 54.5. The van der Waals surface area contributed by atoms with Crippen molar-refractivity contribution in [2.75, 3.05) is 31.3 Å². The van der Waals surface area contributed by atoms with Gasteiger partial charge in [0.25, 0.3) is 0 Å². The lowest BCUT2D eigenvalue weighted by Crippen LogP contribution is -2.49. The van der Waals surface area contributed by atoms with Crippen molar-refractivity contribution in [3.05, 3.63) is 152 Å². The molecule has 1 atom stereocenters. The second kappa shape index (κ2) is 29.0. The van der Waals surface area contributed by atoms with Crippen LogP contribution in [0.3, 0.4) is 0 Å². The van der Waals surface area contributed by atoms with Crippen LogP contribution in [0.15, 0.2) is 84.9 Å². The van der Waals surface area contributed by atoms with Gasteiger partial charge in [0, 0.05) is 23.1 Å². The first-order chi connectivity index (χ1) is 35.8. The van der Waals surface area contributed by atoms with Gasteiger partial charge in [-0.3, -0.25) is 0 Å². The Kier molecular flexibility index (Phi) is 24.4. The first kappa shape index (κ1) is 63.9. The van der Waals surface area contributed by atoms with E-state index in [1.165, 1.54) is 109 Å². The largest absolute Gasteiger partial charge is 0.553 e. The first-order valence-electron chi connectivity index (χ1n) is 30.0. The number of rotatable bonds is 15. The lowest BCUT2D eigenvalue weighted by atomic mass is 9.84. The van der Waals surface area contributed by atoms with E-state index in [2.05, 4.69) is 269 Å². The van der Waals surface area contributed by atoms with Gasteiger partial charge in [0.15, 0.2) is 16.3 Å². The second-order valence-corrected chi connectivity index (χ2v) is 29.0. The van der Waals surface area contributed by atoms with Crippen LogP contribution in [-0.2, 0) is 0 Å². The summed E-state index contributed by atoms with van der Waals surface area (Å²) in [6, 6.07) is 33.0. The Labute approximate surface area is 489 Å². The molecule has 0 amide bonds. The van der Waals surface area contributed by atoms with Gasteiger partial charge in [0.1, 0.15) is 0 Å². The topological polar surface area (TPSA) is 21.8 Å². The fraction of sp³-hybridized carbons (Fsp3) is 0.565. The molecule has 5 aromatic rings. The van der Waals surface area contributed by atoms with E-state index in [-0.39, 0.29) is 31.3 Å². The van der Waals surface area contributed by atoms with Gasteiger partial charge >= 0.3 is 31.3 Å². The average Bonchev–Trinajstić information content (AvgIpc) is 3.37. The minimum Gasteiger partial charge on any atom is -0.455 e. The number of anilines is 3. The van der Waals surface area contributed by atoms with Crippen molar-refractivity contribution >= 4 is 69.1 Å². The highest BCUT2D eigenvalue weighted by molar-refractivity contribution is 6.47. The van der Waals surface area contributed by atoms with E-state index >= 15 is 0 Å². The molecule has 7 heteroatoms. The zero-order chi connectivity index (χ0) is 56.5. The van der Waals surface area contributed by atoms with Gasteiger partial charge in [0.05, 0.1) is 0 Å². The molecule has 76 heavy (non-hydrogen) atoms. The highest BCUT2D eigenvalue weighted by Gasteiger charge is 2.32. The second-order valence-electron chi connectivity index (χ2n) is 25.7. The molecule has 2 aliphatic heterocycles. The molecule has 0 aromatic heterocycles. The van der Waals surface area contributed by atoms with E-state index in [4.69, 9.17) is 0 Å². The predicted molar refractivity (Wildman–Crippen MR) is 341 cm³/mol. The molecule has 2 aliphatic rings. The summed E-state index contributed by atoms with van der Waals surface area (Å²) in [5.74, 6) is 6.20. The Hall–Kier alpha value is -2.94. The van der Waals surface area contributed by atoms with Crippen LogP contribution in [0.5, 0.6) is 0 Å². The van der Waals surface area contributed by atoms with Crippen molar-refractivity contribution in [1.82, 2.24) is 4.30 Å². The van der Waals surface area contributed by atoms with Gasteiger partial charge in [-0.15, -0.1) is 4.43 Å². The number of benzene rings is 5. The fourth-order valence-electron chi connectivity index (χ4n) is 11.6. The molecule has 7 rings (SSSR count). The predicted octanol–water partition coefficient (Wildman–Crippen LogP) is 18.5. The summed E-state index contributed by atoms with van der Waals surface area (Å²) < 4.78 is 13.6. The molecule has 408 valence electrons. The standard InChI is InChI=1S/2C27H40N2.C15H23.3Al/c1-18(2)22-12-9-13-23(19(3)4)26(22)28-16-11-17-29-27-24(20(5)6)14-10-15-25(27)21(7)8;1-17(2)21-11-9-12-22(18(3)4)26(21)25(28)15-16-29-27-23(19(5)6)13-10-14-24(27)20(7)8;1-10(2)13-7-14(11(3)4)9-15(8-13)12(5)6;;;/h9-10,12-15,18-21H,11,16-17H2,1-8H3;9-14,17-20,25,28H,15-16H2,1-8H3;7-8,10-12H,1-6H3;;;/q2*-2;;;2*+2. The van der Waals surface area contributed by atoms with Gasteiger partial charge in [0.2, 0.25) is 0 Å². The molecular formula is C69H103Al3N4. The summed E-state index contributed by atoms with van der Waals surface area (Å²) in [6.07, 6.45) is 2.39. The fourth-order valence-corrected chi connectivity index (χ4v) is 15.6. The van der Waals surface area contributed by atoms with E-state index in [1.807, 2.05) is 0 Å². The van der Waals surface area contributed by atoms with Crippen molar-refractivity contribution in [2.24, 2.45) is 0 Å². The molecule has 4 radical (unpaired) electrons. The Morgan fingerprint density at radius 1 is 0.382 bits per heavy atom. The van der Waals surface area contributed by atoms with Crippen LogP contribution in [-0.4, -0.2) is 67.2 Å². The Balaban J connectivity index is 0.000000221. The van der Waals surface area contributed by atoms with Crippen molar-refractivity contribution < 1.29 is 0 Å². The number of hydrogen-bond acceptors (Lipinski definition) is 4. The lowest BCUT2D eigenvalue weighted by molar-refractivity contribution is 0.560. The quantitative estimate of drug-likeness (QED) is 0.105. The summed E-state index contributed by atoms with van der Waals surface area (Å²) in [5, 5.41) is 0. The van der Waals surface area contributed by atoms with E-state index in [9.17, 15) is 0 Å². The van der Waals surface area contributed by atoms with E-state index < -0.39 is 0 Å². The normalized spacial score (nSPS) is 15.2. The van der Waals surface area contributed by atoms with Gasteiger partial charge in [-0.05, 0) is 153 Å². The summed E-state index contributed by atoms with van der Waals surface area (Å²) in [7, 11) is 0. The van der Waals surface area contributed by atoms with E-state index in [1.54, 1.807) is 5.56 Å². The van der Waals surface area contributed by atoms with E-state index in [0.29, 0.717) is 71.1 Å². The molecule has 2 heterocycles. The molecule has 5 aromatic carbocycles. The average molecular weight is 1070 g/mol. The van der Waals surface area contributed by atoms with Crippen molar-refractivity contribution in [1.29, 1.82) is 0 Å². The molecule has 4 nitrogen and oxygen atoms in total. The van der Waals surface area contributed by atoms with Crippen LogP contribution in [0.25, 0.3) is 0 Å². The van der Waals surface area contributed by atoms with Gasteiger partial charge < -0.3 is 16.0 Å². The smallest absolute Gasteiger partial charge is 0.455 e. The molecule has 1 N–H and O–H groups in total. The maximum atomic E-state index is 4.02. The Morgan fingerprint density at radius 2 is 0.671 bits per heavy atom. The van der Waals surface area contributed by atoms with Crippen LogP contribution in [0.4, 0.5) is 17.1 Å². The SMILES string of the molecule is CC(C)c1cc(C(C)C)[c]([Al])c(C(C)C)c1.CC(C)c1cccc(C(C)C)c1C1CC[N](c2c(C(C)C)cccc2C(C)C)[Al][NH]1.CC(C)c1cccc(C(C)C)c1[N]1CCC[N](c2c(C(C)C)cccc2C(C)C)[Al]1. The van der Waals surface area contributed by atoms with Crippen molar-refractivity contribution in [3.8, 4) is 0 Å². The van der Waals surface area contributed by atoms with Crippen molar-refractivity contribution in [3.63, 3.8) is 0 Å². The van der Waals surface area contributed by atoms with E-state index in [0.717, 1.165) is 6.54 Å². The van der Waals surface area contributed by atoms with Crippen LogP contribution < -0.4 is 20.4 Å². The monoisotopic (exact) mass is 1070 g/mol. The Morgan fingerprint density at radius 3 is 0.934 bits per heavy atom. The molecule has 0 spiro atoms. The zero-order valence-corrected chi connectivity index (χ0v) is 55.6. The molecule has 1 unspecified atom stereocenters. The zero-order valence-electron chi connectivity index (χ0n) is 52.1. The van der Waals surface area contributed by atoms with Crippen molar-refractivity contribution in [2.45, 2.75) is 236 Å². The number of hydrogen-bond donors (Lipinski definition) is 1. The van der Waals surface area contributed by atoms with Crippen LogP contribution in [0.1, 0.15) is 303 Å². The van der Waals surface area contributed by atoms with Crippen LogP contribution in [0, 0.1) is 0 Å². The third kappa shape index (κ3) is 15.7. The molecule has 0 saturated carbocycles. The minimum atomic E-state index is 0.0230. The lowest BCUT2D eigenvalue weighted by Gasteiger charge is -2.42. The number of nitrogens with one attached hydrogen (secondary N) is 1. The van der Waals surface area contributed by atoms with Gasteiger partial charge in [-0.25, -0.2) is 0 Å². The maximum Gasteiger partial charge on any atom is 0.553 e. The minimum absolute atomic E-state index is 0.0230. The highest BCUT2D eigenvalue weighted by atomic mass is 27.1. The highest BCUT2D eigenvalue weighted by Crippen LogP contribution is 2.42. The molecule has 2 fully saturated rings. The number of para-hydroxylation sites is 3. The van der Waals surface area contributed by atoms with Gasteiger partial charge in [-0.1, -0.05) is 248 Å². The molecule has 0 aliphatic carbocycles. The molecule has 2 saturated heterocycles. The van der Waals surface area contributed by atoms with Crippen LogP contribution in [0.2, 0.25) is 0 Å². The summed E-state index contributed by atoms with van der Waals surface area (Å²) >= 11 is 2.99. The first-order valence-corrected chi connectivity index (χ1v) is 32.7. The summed E-state index contributed by atoms with van der Waals surface area (Å²) in [5.41, 5.74) is 22.7. The molecule has 0 bridgehead atoms. The molecular weight excluding hydrogens is 966 g/mol. The summed E-state index contributed by atoms with van der Waals surface area (Å²) in [4.78, 5) is 0. The maximum absolute atomic E-state index is 4.02. The van der Waals surface area contributed by atoms with Gasteiger partial charge in [-0.2, -0.15) is 0 Å². The third-order valence-corrected chi connectivity index (χ3v) is 19.6. The van der Waals surface area contributed by atoms with Crippen LogP contribution >= 0.6 is 0 Å². The third-order valence-electron chi connectivity index (χ3n) is 16.0.